The molecule has 3 unspecified atom stereocenters. The summed E-state index contributed by atoms with van der Waals surface area (Å²) in [7, 11) is 0. The molecule has 1 aliphatic carbocycles. The summed E-state index contributed by atoms with van der Waals surface area (Å²) < 4.78 is 25.3. The van der Waals surface area contributed by atoms with Gasteiger partial charge in [0.25, 0.3) is 5.89 Å². The van der Waals surface area contributed by atoms with Gasteiger partial charge in [-0.3, -0.25) is 0 Å². The van der Waals surface area contributed by atoms with Gasteiger partial charge >= 0.3 is 0 Å². The van der Waals surface area contributed by atoms with Gasteiger partial charge in [-0.15, -0.1) is 10.2 Å². The number of benzene rings is 1. The largest absolute Gasteiger partial charge is 0.468 e. The van der Waals surface area contributed by atoms with E-state index < -0.39 is 0 Å². The zero-order valence-corrected chi connectivity index (χ0v) is 18.3. The van der Waals surface area contributed by atoms with E-state index in [1.54, 1.807) is 24.5 Å². The highest BCUT2D eigenvalue weighted by Crippen LogP contribution is 2.39. The lowest BCUT2D eigenvalue weighted by atomic mass is 9.70. The Hall–Kier alpha value is -2.73. The summed E-state index contributed by atoms with van der Waals surface area (Å²) in [5.74, 6) is 3.36. The molecule has 0 saturated carbocycles. The molecule has 1 aliphatic rings. The van der Waals surface area contributed by atoms with Gasteiger partial charge in [0.15, 0.2) is 0 Å². The van der Waals surface area contributed by atoms with Crippen LogP contribution in [0.15, 0.2) is 63.1 Å². The number of aromatic nitrogens is 2. The monoisotopic (exact) mass is 423 g/mol. The molecule has 1 N–H and O–H groups in total. The summed E-state index contributed by atoms with van der Waals surface area (Å²) in [5.41, 5.74) is 1.70. The van der Waals surface area contributed by atoms with Crippen molar-refractivity contribution in [2.45, 2.75) is 40.2 Å². The van der Waals surface area contributed by atoms with Crippen molar-refractivity contribution < 1.29 is 13.2 Å². The second-order valence-corrected chi connectivity index (χ2v) is 8.81. The van der Waals surface area contributed by atoms with Crippen LogP contribution >= 0.6 is 0 Å². The van der Waals surface area contributed by atoms with Crippen LogP contribution in [0, 0.1) is 29.5 Å². The Balaban J connectivity index is 1.43. The van der Waals surface area contributed by atoms with Crippen LogP contribution in [0.2, 0.25) is 0 Å². The molecule has 2 aromatic heterocycles. The highest BCUT2D eigenvalue weighted by atomic mass is 19.1. The smallest absolute Gasteiger partial charge is 0.250 e. The van der Waals surface area contributed by atoms with Crippen LogP contribution in [0.4, 0.5) is 4.39 Å². The fourth-order valence-corrected chi connectivity index (χ4v) is 4.57. The highest BCUT2D eigenvalue weighted by molar-refractivity contribution is 5.53. The number of rotatable bonds is 8. The topological polar surface area (TPSA) is 64.1 Å². The van der Waals surface area contributed by atoms with Crippen molar-refractivity contribution in [1.82, 2.24) is 15.5 Å². The molecule has 0 amide bonds. The third-order valence-electron chi connectivity index (χ3n) is 6.34. The first-order chi connectivity index (χ1) is 15.0. The van der Waals surface area contributed by atoms with Crippen molar-refractivity contribution in [1.29, 1.82) is 0 Å². The zero-order valence-electron chi connectivity index (χ0n) is 18.3. The van der Waals surface area contributed by atoms with E-state index in [0.29, 0.717) is 41.5 Å². The fourth-order valence-electron chi connectivity index (χ4n) is 4.57. The van der Waals surface area contributed by atoms with Crippen LogP contribution in [0.25, 0.3) is 11.5 Å². The lowest BCUT2D eigenvalue weighted by Crippen LogP contribution is -2.34. The number of hydrogen-bond donors (Lipinski definition) is 1. The minimum Gasteiger partial charge on any atom is -0.468 e. The molecule has 164 valence electrons. The van der Waals surface area contributed by atoms with Gasteiger partial charge in [0.1, 0.15) is 11.6 Å². The Morgan fingerprint density at radius 1 is 1.16 bits per heavy atom. The van der Waals surface area contributed by atoms with Crippen LogP contribution in [0.1, 0.15) is 38.8 Å². The molecule has 31 heavy (non-hydrogen) atoms. The Morgan fingerprint density at radius 3 is 2.74 bits per heavy atom. The van der Waals surface area contributed by atoms with Gasteiger partial charge in [0, 0.05) is 13.0 Å². The summed E-state index contributed by atoms with van der Waals surface area (Å²) in [5, 5.41) is 11.8. The van der Waals surface area contributed by atoms with E-state index >= 15 is 0 Å². The molecule has 3 aromatic rings. The number of hydrogen-bond acceptors (Lipinski definition) is 5. The summed E-state index contributed by atoms with van der Waals surface area (Å²) in [4.78, 5) is 0. The first kappa shape index (κ1) is 21.5. The Morgan fingerprint density at radius 2 is 2.00 bits per heavy atom. The van der Waals surface area contributed by atoms with Crippen LogP contribution in [-0.2, 0) is 13.0 Å². The molecule has 0 saturated heterocycles. The molecule has 2 heterocycles. The molecule has 1 aromatic carbocycles. The molecule has 0 spiro atoms. The van der Waals surface area contributed by atoms with Gasteiger partial charge in [0.2, 0.25) is 5.89 Å². The number of furan rings is 1. The number of allylic oxidation sites excluding steroid dienone is 1. The first-order valence-corrected chi connectivity index (χ1v) is 11.0. The van der Waals surface area contributed by atoms with E-state index in [1.807, 2.05) is 12.1 Å². The number of nitrogens with zero attached hydrogens (tertiary/aromatic N) is 2. The van der Waals surface area contributed by atoms with E-state index in [1.165, 1.54) is 11.6 Å². The highest BCUT2D eigenvalue weighted by Gasteiger charge is 2.32. The quantitative estimate of drug-likeness (QED) is 0.474. The maximum atomic E-state index is 14.0. The molecular formula is C25H30FN3O2. The van der Waals surface area contributed by atoms with Gasteiger partial charge in [-0.1, -0.05) is 37.6 Å². The van der Waals surface area contributed by atoms with E-state index in [9.17, 15) is 4.39 Å². The molecule has 3 atom stereocenters. The number of nitrogens with one attached hydrogen (secondary N) is 1. The average Bonchev–Trinajstić information content (AvgIpc) is 3.42. The molecular weight excluding hydrogens is 393 g/mol. The van der Waals surface area contributed by atoms with Gasteiger partial charge in [-0.2, -0.15) is 0 Å². The average molecular weight is 424 g/mol. The third kappa shape index (κ3) is 5.13. The molecule has 0 radical (unpaired) electrons. The molecule has 6 heteroatoms. The summed E-state index contributed by atoms with van der Waals surface area (Å²) in [6.07, 6.45) is 5.87. The standard InChI is InChI=1S/C25H30FN3O2/c1-16(2)22-12-18(17(3)11-19(22)14-27-15-20-7-6-10-30-20)13-24-28-29-25(31-24)21-8-4-5-9-23(21)26/h4-11,16,18-19,22,27H,12-15H2,1-3H3. The molecule has 0 bridgehead atoms. The van der Waals surface area contributed by atoms with Crippen molar-refractivity contribution in [3.8, 4) is 11.5 Å². The van der Waals surface area contributed by atoms with Gasteiger partial charge in [-0.25, -0.2) is 4.39 Å². The van der Waals surface area contributed by atoms with E-state index in [-0.39, 0.29) is 11.7 Å². The van der Waals surface area contributed by atoms with Crippen LogP contribution < -0.4 is 5.32 Å². The van der Waals surface area contributed by atoms with Crippen LogP contribution in [-0.4, -0.2) is 16.7 Å². The van der Waals surface area contributed by atoms with Crippen molar-refractivity contribution in [2.75, 3.05) is 6.54 Å². The maximum Gasteiger partial charge on any atom is 0.250 e. The van der Waals surface area contributed by atoms with Crippen molar-refractivity contribution in [3.63, 3.8) is 0 Å². The Kier molecular flexibility index (Phi) is 6.66. The lowest BCUT2D eigenvalue weighted by molar-refractivity contribution is 0.217. The molecule has 5 nitrogen and oxygen atoms in total. The van der Waals surface area contributed by atoms with E-state index in [4.69, 9.17) is 8.83 Å². The minimum atomic E-state index is -0.351. The predicted molar refractivity (Wildman–Crippen MR) is 117 cm³/mol. The van der Waals surface area contributed by atoms with Crippen molar-refractivity contribution in [3.05, 3.63) is 71.8 Å². The third-order valence-corrected chi connectivity index (χ3v) is 6.34. The molecule has 0 aliphatic heterocycles. The molecule has 0 fully saturated rings. The van der Waals surface area contributed by atoms with E-state index in [0.717, 1.165) is 25.3 Å². The van der Waals surface area contributed by atoms with Crippen LogP contribution in [0.3, 0.4) is 0 Å². The van der Waals surface area contributed by atoms with Gasteiger partial charge < -0.3 is 14.2 Å². The van der Waals surface area contributed by atoms with Gasteiger partial charge in [0.05, 0.1) is 18.4 Å². The Labute approximate surface area is 182 Å². The van der Waals surface area contributed by atoms with E-state index in [2.05, 4.69) is 42.4 Å². The first-order valence-electron chi connectivity index (χ1n) is 11.0. The minimum absolute atomic E-state index is 0.242. The van der Waals surface area contributed by atoms with Crippen molar-refractivity contribution >= 4 is 0 Å². The predicted octanol–water partition coefficient (Wildman–Crippen LogP) is 5.66. The second kappa shape index (κ2) is 9.60. The summed E-state index contributed by atoms with van der Waals surface area (Å²) in [6, 6.07) is 10.4. The maximum absolute atomic E-state index is 14.0. The number of halogens is 1. The molecule has 4 rings (SSSR count). The Bertz CT molecular complexity index is 1010. The lowest BCUT2D eigenvalue weighted by Gasteiger charge is -2.37. The van der Waals surface area contributed by atoms with Gasteiger partial charge in [-0.05, 0) is 61.3 Å². The summed E-state index contributed by atoms with van der Waals surface area (Å²) in [6.45, 7) is 8.43. The zero-order chi connectivity index (χ0) is 21.8. The van der Waals surface area contributed by atoms with Crippen molar-refractivity contribution in [2.24, 2.45) is 23.7 Å². The normalized spacial score (nSPS) is 21.5. The summed E-state index contributed by atoms with van der Waals surface area (Å²) >= 11 is 0. The fraction of sp³-hybridized carbons (Fsp3) is 0.440. The van der Waals surface area contributed by atoms with Crippen LogP contribution in [0.5, 0.6) is 0 Å². The second-order valence-electron chi connectivity index (χ2n) is 8.81. The SMILES string of the molecule is CC1=CC(CNCc2ccco2)C(C(C)C)CC1Cc1nnc(-c2ccccc2F)o1.